The molecule has 6 rings (SSSR count). The summed E-state index contributed by atoms with van der Waals surface area (Å²) in [7, 11) is 0.824. The number of likely N-dealkylation sites (N-methyl/N-ethyl adjacent to an activating group) is 1. The Morgan fingerprint density at radius 1 is 1.00 bits per heavy atom. The Kier molecular flexibility index (Phi) is 8.76. The van der Waals surface area contributed by atoms with E-state index in [9.17, 15) is 4.57 Å². The Labute approximate surface area is 270 Å². The number of ether oxygens (including phenoxy) is 1. The van der Waals surface area contributed by atoms with Crippen LogP contribution in [0.1, 0.15) is 6.92 Å². The van der Waals surface area contributed by atoms with Gasteiger partial charge in [0.05, 0.1) is 40.0 Å². The van der Waals surface area contributed by atoms with Crippen LogP contribution in [-0.2, 0) is 11.6 Å². The van der Waals surface area contributed by atoms with E-state index in [2.05, 4.69) is 75.5 Å². The van der Waals surface area contributed by atoms with Gasteiger partial charge in [-0.05, 0) is 54.0 Å². The minimum atomic E-state index is -2.76. The normalized spacial score (nSPS) is 14.1. The van der Waals surface area contributed by atoms with Crippen molar-refractivity contribution in [2.45, 2.75) is 6.92 Å². The van der Waals surface area contributed by atoms with Gasteiger partial charge < -0.3 is 29.7 Å². The Morgan fingerprint density at radius 2 is 1.78 bits per heavy atom. The van der Waals surface area contributed by atoms with E-state index in [1.54, 1.807) is 43.7 Å². The van der Waals surface area contributed by atoms with Crippen LogP contribution >= 0.6 is 23.1 Å². The summed E-state index contributed by atoms with van der Waals surface area (Å²) in [5.41, 5.74) is 5.78. The number of anilines is 5. The molecule has 0 atom stereocenters. The van der Waals surface area contributed by atoms with Crippen molar-refractivity contribution in [3.05, 3.63) is 59.7 Å². The first-order chi connectivity index (χ1) is 21.6. The topological polar surface area (TPSA) is 126 Å². The van der Waals surface area contributed by atoms with Gasteiger partial charge in [-0.3, -0.25) is 14.6 Å². The van der Waals surface area contributed by atoms with E-state index >= 15 is 0 Å². The fourth-order valence-corrected chi connectivity index (χ4v) is 7.31. The maximum absolute atomic E-state index is 13.4. The maximum atomic E-state index is 13.4. The molecule has 0 unspecified atom stereocenters. The summed E-state index contributed by atoms with van der Waals surface area (Å²) in [4.78, 5) is 23.1. The second-order valence-electron chi connectivity index (χ2n) is 11.3. The summed E-state index contributed by atoms with van der Waals surface area (Å²) in [6, 6.07) is 7.86. The van der Waals surface area contributed by atoms with Crippen molar-refractivity contribution >= 4 is 68.2 Å². The first-order valence-corrected chi connectivity index (χ1v) is 18.1. The number of nitrogens with zero attached hydrogens (tertiary/aromatic N) is 8. The molecule has 0 bridgehead atoms. The van der Waals surface area contributed by atoms with Crippen molar-refractivity contribution in [1.29, 1.82) is 0 Å². The molecule has 1 aliphatic rings. The van der Waals surface area contributed by atoms with Gasteiger partial charge in [-0.25, -0.2) is 4.98 Å². The van der Waals surface area contributed by atoms with Crippen molar-refractivity contribution in [3.63, 3.8) is 0 Å². The largest absolute Gasteiger partial charge is 0.494 e. The van der Waals surface area contributed by atoms with E-state index in [1.807, 2.05) is 31.6 Å². The zero-order chi connectivity index (χ0) is 31.7. The molecule has 0 spiro atoms. The SMILES string of the molecule is CCN1CCN(c2cc(OC)c(Nc3ncc(Br)c(Nc4ccc5nccnc5c4P(C)(C)=O)n3)cc2-c2cnn(C)c2)CC1. The summed E-state index contributed by atoms with van der Waals surface area (Å²) in [6.45, 7) is 10.6. The fraction of sp³-hybridized carbons (Fsp3) is 0.323. The molecule has 1 aliphatic heterocycles. The second kappa shape index (κ2) is 12.7. The predicted molar refractivity (Wildman–Crippen MR) is 184 cm³/mol. The number of aryl methyl sites for hydroxylation is 1. The number of piperazine rings is 1. The number of aromatic nitrogens is 6. The van der Waals surface area contributed by atoms with E-state index in [0.29, 0.717) is 49.7 Å². The molecular formula is C31H36BrN10O2P. The first-order valence-electron chi connectivity index (χ1n) is 14.7. The highest BCUT2D eigenvalue weighted by atomic mass is 79.9. The average molecular weight is 692 g/mol. The summed E-state index contributed by atoms with van der Waals surface area (Å²) < 4.78 is 21.8. The van der Waals surface area contributed by atoms with Crippen molar-refractivity contribution in [1.82, 2.24) is 34.6 Å². The van der Waals surface area contributed by atoms with Gasteiger partial charge in [-0.15, -0.1) is 0 Å². The molecule has 1 fully saturated rings. The fourth-order valence-electron chi connectivity index (χ4n) is 5.62. The molecular weight excluding hydrogens is 655 g/mol. The molecule has 5 aromatic rings. The van der Waals surface area contributed by atoms with Gasteiger partial charge in [-0.2, -0.15) is 10.1 Å². The Balaban J connectivity index is 1.36. The first kappa shape index (κ1) is 30.9. The van der Waals surface area contributed by atoms with Gasteiger partial charge in [0.15, 0.2) is 0 Å². The lowest BCUT2D eigenvalue weighted by molar-refractivity contribution is 0.271. The average Bonchev–Trinajstić information content (AvgIpc) is 3.47. The van der Waals surface area contributed by atoms with Crippen molar-refractivity contribution in [2.24, 2.45) is 7.05 Å². The van der Waals surface area contributed by atoms with E-state index in [4.69, 9.17) is 9.72 Å². The van der Waals surface area contributed by atoms with Gasteiger partial charge in [0.1, 0.15) is 24.2 Å². The summed E-state index contributed by atoms with van der Waals surface area (Å²) >= 11 is 3.58. The zero-order valence-corrected chi connectivity index (χ0v) is 28.4. The van der Waals surface area contributed by atoms with Gasteiger partial charge in [0, 0.05) is 80.9 Å². The van der Waals surface area contributed by atoms with Crippen LogP contribution in [0.15, 0.2) is 59.7 Å². The molecule has 4 heterocycles. The lowest BCUT2D eigenvalue weighted by Gasteiger charge is -2.36. The number of fused-ring (bicyclic) bond motifs is 1. The number of nitrogens with one attached hydrogen (secondary N) is 2. The third kappa shape index (κ3) is 6.51. The van der Waals surface area contributed by atoms with Crippen molar-refractivity contribution in [2.75, 3.05) is 68.7 Å². The monoisotopic (exact) mass is 690 g/mol. The molecule has 0 radical (unpaired) electrons. The van der Waals surface area contributed by atoms with Crippen LogP contribution in [0.25, 0.3) is 22.2 Å². The molecule has 3 aromatic heterocycles. The number of halogens is 1. The van der Waals surface area contributed by atoms with Gasteiger partial charge >= 0.3 is 0 Å². The molecule has 12 nitrogen and oxygen atoms in total. The molecule has 234 valence electrons. The van der Waals surface area contributed by atoms with E-state index in [1.165, 1.54) is 0 Å². The number of methoxy groups -OCH3 is 1. The number of benzene rings is 2. The highest BCUT2D eigenvalue weighted by Gasteiger charge is 2.24. The number of hydrogen-bond donors (Lipinski definition) is 2. The quantitative estimate of drug-likeness (QED) is 0.191. The molecule has 0 amide bonds. The van der Waals surface area contributed by atoms with Crippen LogP contribution in [-0.4, -0.2) is 87.8 Å². The second-order valence-corrected chi connectivity index (χ2v) is 15.3. The lowest BCUT2D eigenvalue weighted by Crippen LogP contribution is -2.46. The molecule has 2 aromatic carbocycles. The van der Waals surface area contributed by atoms with Gasteiger partial charge in [-0.1, -0.05) is 6.92 Å². The maximum Gasteiger partial charge on any atom is 0.229 e. The van der Waals surface area contributed by atoms with E-state index in [-0.39, 0.29) is 0 Å². The standard InChI is InChI=1S/C31H36BrN10O2P/c1-6-41-11-13-42(14-12-41)26-16-27(44-3)25(15-21(26)20-17-36-40(2)19-20)38-31-35-18-22(32)30(39-31)37-24-8-7-23-28(34-10-9-33-23)29(24)45(4,5)43/h7-10,15-19H,6,11-14H2,1-5H3,(H2,35,37,38,39). The Hall–Kier alpha value is -4.06. The third-order valence-electron chi connectivity index (χ3n) is 7.89. The minimum Gasteiger partial charge on any atom is -0.494 e. The Morgan fingerprint density at radius 3 is 2.47 bits per heavy atom. The predicted octanol–water partition coefficient (Wildman–Crippen LogP) is 5.47. The smallest absolute Gasteiger partial charge is 0.229 e. The summed E-state index contributed by atoms with van der Waals surface area (Å²) in [5.74, 6) is 1.53. The summed E-state index contributed by atoms with van der Waals surface area (Å²) in [6.07, 6.45) is 8.80. The van der Waals surface area contributed by atoms with Gasteiger partial charge in [0.2, 0.25) is 5.95 Å². The Bertz CT molecular complexity index is 1900. The van der Waals surface area contributed by atoms with Crippen LogP contribution < -0.4 is 25.6 Å². The molecule has 2 N–H and O–H groups in total. The van der Waals surface area contributed by atoms with E-state index < -0.39 is 7.14 Å². The zero-order valence-electron chi connectivity index (χ0n) is 26.0. The van der Waals surface area contributed by atoms with Crippen molar-refractivity contribution < 1.29 is 9.30 Å². The van der Waals surface area contributed by atoms with Gasteiger partial charge in [0.25, 0.3) is 0 Å². The molecule has 14 heteroatoms. The third-order valence-corrected chi connectivity index (χ3v) is 10.00. The lowest BCUT2D eigenvalue weighted by atomic mass is 10.0. The summed E-state index contributed by atoms with van der Waals surface area (Å²) in [5, 5.41) is 11.8. The highest BCUT2D eigenvalue weighted by molar-refractivity contribution is 9.10. The molecule has 0 saturated carbocycles. The molecule has 0 aliphatic carbocycles. The van der Waals surface area contributed by atoms with Crippen molar-refractivity contribution in [3.8, 4) is 16.9 Å². The highest BCUT2D eigenvalue weighted by Crippen LogP contribution is 2.42. The number of hydrogen-bond acceptors (Lipinski definition) is 11. The van der Waals surface area contributed by atoms with Crippen LogP contribution in [0.2, 0.25) is 0 Å². The van der Waals surface area contributed by atoms with E-state index in [0.717, 1.165) is 49.5 Å². The molecule has 45 heavy (non-hydrogen) atoms. The van der Waals surface area contributed by atoms with Crippen LogP contribution in [0.4, 0.5) is 28.8 Å². The van der Waals surface area contributed by atoms with Crippen LogP contribution in [0.3, 0.4) is 0 Å². The van der Waals surface area contributed by atoms with Crippen LogP contribution in [0, 0.1) is 0 Å². The van der Waals surface area contributed by atoms with Crippen LogP contribution in [0.5, 0.6) is 5.75 Å². The number of rotatable bonds is 9. The molecule has 1 saturated heterocycles. The minimum absolute atomic E-state index is 0.360.